The van der Waals surface area contributed by atoms with Crippen molar-refractivity contribution >= 4 is 23.2 Å². The average Bonchev–Trinajstić information content (AvgIpc) is 2.51. The minimum absolute atomic E-state index is 0.128. The Hall–Kier alpha value is -2.40. The summed E-state index contributed by atoms with van der Waals surface area (Å²) in [5.74, 6) is 0.593. The number of amides is 1. The molecule has 22 heavy (non-hydrogen) atoms. The zero-order valence-corrected chi connectivity index (χ0v) is 13.0. The van der Waals surface area contributed by atoms with Crippen molar-refractivity contribution in [2.75, 3.05) is 19.0 Å². The number of phenols is 1. The van der Waals surface area contributed by atoms with Crippen LogP contribution in [0.5, 0.6) is 17.2 Å². The molecule has 6 heteroatoms. The number of rotatable bonds is 5. The van der Waals surface area contributed by atoms with Crippen molar-refractivity contribution in [3.8, 4) is 17.2 Å². The molecule has 0 aliphatic rings. The molecule has 0 saturated heterocycles. The highest BCUT2D eigenvalue weighted by molar-refractivity contribution is 6.32. The maximum absolute atomic E-state index is 12.3. The third-order valence-corrected chi connectivity index (χ3v) is 3.19. The fraction of sp³-hybridized carbons (Fsp3) is 0.188. The summed E-state index contributed by atoms with van der Waals surface area (Å²) < 4.78 is 10.6. The number of halogens is 1. The van der Waals surface area contributed by atoms with Crippen LogP contribution in [0.15, 0.2) is 36.4 Å². The molecule has 0 radical (unpaired) electrons. The Kier molecular flexibility index (Phi) is 5.12. The molecule has 5 nitrogen and oxygen atoms in total. The lowest BCUT2D eigenvalue weighted by Gasteiger charge is -2.13. The first kappa shape index (κ1) is 16.0. The minimum atomic E-state index is -0.339. The SMILES string of the molecule is CCOc1c(Cl)cc(C(=O)Nc2ccc(O)cc2)cc1OC. The fourth-order valence-corrected chi connectivity index (χ4v) is 2.15. The third kappa shape index (κ3) is 3.62. The molecule has 0 heterocycles. The van der Waals surface area contributed by atoms with Crippen LogP contribution in [-0.4, -0.2) is 24.7 Å². The van der Waals surface area contributed by atoms with Crippen LogP contribution in [0.2, 0.25) is 5.02 Å². The summed E-state index contributed by atoms with van der Waals surface area (Å²) in [5.41, 5.74) is 0.908. The summed E-state index contributed by atoms with van der Waals surface area (Å²) in [6.07, 6.45) is 0. The number of nitrogens with one attached hydrogen (secondary N) is 1. The van der Waals surface area contributed by atoms with E-state index in [1.807, 2.05) is 6.92 Å². The molecule has 0 fully saturated rings. The number of carbonyl (C=O) groups is 1. The van der Waals surface area contributed by atoms with Gasteiger partial charge in [0.2, 0.25) is 0 Å². The summed E-state index contributed by atoms with van der Waals surface area (Å²) in [7, 11) is 1.48. The van der Waals surface area contributed by atoms with Gasteiger partial charge in [0.1, 0.15) is 5.75 Å². The smallest absolute Gasteiger partial charge is 0.255 e. The van der Waals surface area contributed by atoms with Crippen molar-refractivity contribution in [3.05, 3.63) is 47.0 Å². The number of anilines is 1. The summed E-state index contributed by atoms with van der Waals surface area (Å²) >= 11 is 6.14. The van der Waals surface area contributed by atoms with E-state index >= 15 is 0 Å². The number of benzene rings is 2. The van der Waals surface area contributed by atoms with E-state index in [1.165, 1.54) is 25.3 Å². The minimum Gasteiger partial charge on any atom is -0.508 e. The van der Waals surface area contributed by atoms with E-state index < -0.39 is 0 Å². The van der Waals surface area contributed by atoms with Crippen LogP contribution < -0.4 is 14.8 Å². The van der Waals surface area contributed by atoms with Crippen LogP contribution in [0.1, 0.15) is 17.3 Å². The van der Waals surface area contributed by atoms with Gasteiger partial charge in [-0.05, 0) is 43.3 Å². The number of phenolic OH excluding ortho intramolecular Hbond substituents is 1. The normalized spacial score (nSPS) is 10.1. The van der Waals surface area contributed by atoms with Gasteiger partial charge in [-0.15, -0.1) is 0 Å². The van der Waals surface area contributed by atoms with E-state index in [9.17, 15) is 9.90 Å². The molecule has 2 rings (SSSR count). The Morgan fingerprint density at radius 1 is 1.27 bits per heavy atom. The van der Waals surface area contributed by atoms with Gasteiger partial charge < -0.3 is 19.9 Å². The fourth-order valence-electron chi connectivity index (χ4n) is 1.88. The molecular weight excluding hydrogens is 306 g/mol. The first-order chi connectivity index (χ1) is 10.5. The summed E-state index contributed by atoms with van der Waals surface area (Å²) in [6.45, 7) is 2.27. The van der Waals surface area contributed by atoms with E-state index in [0.29, 0.717) is 34.4 Å². The number of hydrogen-bond donors (Lipinski definition) is 2. The first-order valence-electron chi connectivity index (χ1n) is 6.66. The molecular formula is C16H16ClNO4. The molecule has 116 valence electrons. The molecule has 0 aliphatic heterocycles. The topological polar surface area (TPSA) is 67.8 Å². The maximum Gasteiger partial charge on any atom is 0.255 e. The predicted octanol–water partition coefficient (Wildman–Crippen LogP) is 3.71. The van der Waals surface area contributed by atoms with Crippen LogP contribution in [0.3, 0.4) is 0 Å². The van der Waals surface area contributed by atoms with Gasteiger partial charge in [0.25, 0.3) is 5.91 Å². The Balaban J connectivity index is 2.26. The van der Waals surface area contributed by atoms with Gasteiger partial charge in [-0.3, -0.25) is 4.79 Å². The standard InChI is InChI=1S/C16H16ClNO4/c1-3-22-15-13(17)8-10(9-14(15)21-2)16(20)18-11-4-6-12(19)7-5-11/h4-9,19H,3H2,1-2H3,(H,18,20). The van der Waals surface area contributed by atoms with Crippen molar-refractivity contribution in [3.63, 3.8) is 0 Å². The average molecular weight is 322 g/mol. The van der Waals surface area contributed by atoms with E-state index in [2.05, 4.69) is 5.32 Å². The number of methoxy groups -OCH3 is 1. The highest BCUT2D eigenvalue weighted by Crippen LogP contribution is 2.36. The van der Waals surface area contributed by atoms with Crippen molar-refractivity contribution in [2.45, 2.75) is 6.92 Å². The lowest BCUT2D eigenvalue weighted by atomic mass is 10.1. The van der Waals surface area contributed by atoms with Crippen molar-refractivity contribution in [1.82, 2.24) is 0 Å². The van der Waals surface area contributed by atoms with Crippen molar-refractivity contribution in [1.29, 1.82) is 0 Å². The lowest BCUT2D eigenvalue weighted by molar-refractivity contribution is 0.102. The number of carbonyl (C=O) groups excluding carboxylic acids is 1. The van der Waals surface area contributed by atoms with E-state index in [0.717, 1.165) is 0 Å². The largest absolute Gasteiger partial charge is 0.508 e. The van der Waals surface area contributed by atoms with Crippen LogP contribution in [0, 0.1) is 0 Å². The molecule has 0 saturated carbocycles. The summed E-state index contributed by atoms with van der Waals surface area (Å²) in [5, 5.41) is 12.2. The second-order valence-electron chi connectivity index (χ2n) is 4.42. The second-order valence-corrected chi connectivity index (χ2v) is 4.83. The number of aromatic hydroxyl groups is 1. The molecule has 2 aromatic rings. The highest BCUT2D eigenvalue weighted by Gasteiger charge is 2.15. The monoisotopic (exact) mass is 321 g/mol. The van der Waals surface area contributed by atoms with Crippen molar-refractivity contribution < 1.29 is 19.4 Å². The van der Waals surface area contributed by atoms with Crippen LogP contribution in [-0.2, 0) is 0 Å². The molecule has 1 amide bonds. The van der Waals surface area contributed by atoms with Gasteiger partial charge in [-0.1, -0.05) is 11.6 Å². The van der Waals surface area contributed by atoms with Crippen molar-refractivity contribution in [2.24, 2.45) is 0 Å². The molecule has 0 aliphatic carbocycles. The summed E-state index contributed by atoms with van der Waals surface area (Å²) in [4.78, 5) is 12.3. The Labute approximate surface area is 133 Å². The number of ether oxygens (including phenoxy) is 2. The zero-order valence-electron chi connectivity index (χ0n) is 12.2. The highest BCUT2D eigenvalue weighted by atomic mass is 35.5. The van der Waals surface area contributed by atoms with E-state index in [1.54, 1.807) is 18.2 Å². The maximum atomic E-state index is 12.3. The Morgan fingerprint density at radius 3 is 2.55 bits per heavy atom. The molecule has 2 aromatic carbocycles. The second kappa shape index (κ2) is 7.04. The molecule has 0 atom stereocenters. The third-order valence-electron chi connectivity index (χ3n) is 2.91. The predicted molar refractivity (Wildman–Crippen MR) is 85.2 cm³/mol. The Bertz CT molecular complexity index is 671. The molecule has 0 bridgehead atoms. The molecule has 2 N–H and O–H groups in total. The molecule has 0 spiro atoms. The quantitative estimate of drug-likeness (QED) is 0.824. The van der Waals surface area contributed by atoms with Gasteiger partial charge in [0, 0.05) is 11.3 Å². The molecule has 0 aromatic heterocycles. The van der Waals surface area contributed by atoms with Crippen LogP contribution in [0.25, 0.3) is 0 Å². The van der Waals surface area contributed by atoms with E-state index in [4.69, 9.17) is 21.1 Å². The van der Waals surface area contributed by atoms with Gasteiger partial charge in [0.05, 0.1) is 18.7 Å². The van der Waals surface area contributed by atoms with Crippen LogP contribution >= 0.6 is 11.6 Å². The van der Waals surface area contributed by atoms with E-state index in [-0.39, 0.29) is 11.7 Å². The Morgan fingerprint density at radius 2 is 1.95 bits per heavy atom. The number of hydrogen-bond acceptors (Lipinski definition) is 4. The lowest BCUT2D eigenvalue weighted by Crippen LogP contribution is -2.12. The van der Waals surface area contributed by atoms with Gasteiger partial charge in [-0.2, -0.15) is 0 Å². The van der Waals surface area contributed by atoms with Gasteiger partial charge >= 0.3 is 0 Å². The summed E-state index contributed by atoms with van der Waals surface area (Å²) in [6, 6.07) is 9.25. The van der Waals surface area contributed by atoms with Crippen LogP contribution in [0.4, 0.5) is 5.69 Å². The zero-order chi connectivity index (χ0) is 16.1. The van der Waals surface area contributed by atoms with Gasteiger partial charge in [0.15, 0.2) is 11.5 Å². The molecule has 0 unspecified atom stereocenters. The first-order valence-corrected chi connectivity index (χ1v) is 7.03. The van der Waals surface area contributed by atoms with Gasteiger partial charge in [-0.25, -0.2) is 0 Å².